The molecule has 2 aromatic rings. The van der Waals surface area contributed by atoms with Crippen LogP contribution in [0.2, 0.25) is 0 Å². The monoisotopic (exact) mass is 323 g/mol. The highest BCUT2D eigenvalue weighted by atomic mass is 79.9. The van der Waals surface area contributed by atoms with Gasteiger partial charge in [0, 0.05) is 24.6 Å². The molecule has 0 aliphatic rings. The number of halogens is 1. The SMILES string of the molecule is CCCn1ccnc(Oc2cccc(N)c2Br)c1=O. The number of ether oxygens (including phenoxy) is 1. The Bertz CT molecular complexity index is 640. The molecule has 6 heteroatoms. The lowest BCUT2D eigenvalue weighted by molar-refractivity contribution is 0.441. The zero-order chi connectivity index (χ0) is 13.8. The molecule has 0 bridgehead atoms. The first kappa shape index (κ1) is 13.6. The molecule has 1 heterocycles. The number of rotatable bonds is 4. The number of nitrogens with two attached hydrogens (primary N) is 1. The molecular weight excluding hydrogens is 310 g/mol. The molecule has 0 fully saturated rings. The van der Waals surface area contributed by atoms with Gasteiger partial charge >= 0.3 is 5.56 Å². The van der Waals surface area contributed by atoms with E-state index in [1.165, 1.54) is 0 Å². The van der Waals surface area contributed by atoms with E-state index in [1.54, 1.807) is 35.2 Å². The minimum absolute atomic E-state index is 0.0438. The van der Waals surface area contributed by atoms with E-state index in [1.807, 2.05) is 6.92 Å². The molecule has 0 amide bonds. The van der Waals surface area contributed by atoms with Crippen LogP contribution in [0, 0.1) is 0 Å². The van der Waals surface area contributed by atoms with Gasteiger partial charge < -0.3 is 15.0 Å². The zero-order valence-electron chi connectivity index (χ0n) is 10.5. The van der Waals surface area contributed by atoms with E-state index in [2.05, 4.69) is 20.9 Å². The van der Waals surface area contributed by atoms with Crippen LogP contribution in [0.15, 0.2) is 39.9 Å². The van der Waals surface area contributed by atoms with Crippen molar-refractivity contribution < 1.29 is 4.74 Å². The minimum atomic E-state index is -0.251. The second-order valence-electron chi connectivity index (χ2n) is 3.99. The van der Waals surface area contributed by atoms with Crippen LogP contribution in [-0.4, -0.2) is 9.55 Å². The Morgan fingerprint density at radius 1 is 1.47 bits per heavy atom. The van der Waals surface area contributed by atoms with E-state index in [4.69, 9.17) is 10.5 Å². The molecule has 1 aromatic heterocycles. The molecule has 2 rings (SSSR count). The molecule has 0 atom stereocenters. The fourth-order valence-electron chi connectivity index (χ4n) is 1.63. The summed E-state index contributed by atoms with van der Waals surface area (Å²) in [6, 6.07) is 5.21. The molecule has 100 valence electrons. The number of aromatic nitrogens is 2. The molecule has 19 heavy (non-hydrogen) atoms. The summed E-state index contributed by atoms with van der Waals surface area (Å²) >= 11 is 3.32. The Labute approximate surface area is 119 Å². The van der Waals surface area contributed by atoms with Gasteiger partial charge in [-0.15, -0.1) is 0 Å². The summed E-state index contributed by atoms with van der Waals surface area (Å²) in [6.45, 7) is 2.64. The number of nitrogen functional groups attached to an aromatic ring is 1. The predicted molar refractivity (Wildman–Crippen MR) is 77.4 cm³/mol. The molecule has 1 aromatic carbocycles. The maximum Gasteiger partial charge on any atom is 0.313 e. The number of aryl methyl sites for hydroxylation is 1. The van der Waals surface area contributed by atoms with Crippen LogP contribution in [-0.2, 0) is 6.54 Å². The van der Waals surface area contributed by atoms with Crippen molar-refractivity contribution >= 4 is 21.6 Å². The first-order chi connectivity index (χ1) is 9.13. The van der Waals surface area contributed by atoms with Crippen LogP contribution in [0.25, 0.3) is 0 Å². The van der Waals surface area contributed by atoms with Gasteiger partial charge in [0.25, 0.3) is 5.88 Å². The van der Waals surface area contributed by atoms with Gasteiger partial charge in [0.2, 0.25) is 0 Å². The highest BCUT2D eigenvalue weighted by Crippen LogP contribution is 2.32. The summed E-state index contributed by atoms with van der Waals surface area (Å²) in [5.41, 5.74) is 6.05. The Morgan fingerprint density at radius 3 is 3.00 bits per heavy atom. The van der Waals surface area contributed by atoms with Crippen LogP contribution >= 0.6 is 15.9 Å². The zero-order valence-corrected chi connectivity index (χ0v) is 12.1. The number of anilines is 1. The van der Waals surface area contributed by atoms with Gasteiger partial charge in [-0.25, -0.2) is 4.98 Å². The van der Waals surface area contributed by atoms with Gasteiger partial charge in [-0.3, -0.25) is 4.79 Å². The summed E-state index contributed by atoms with van der Waals surface area (Å²) in [4.78, 5) is 16.1. The largest absolute Gasteiger partial charge is 0.433 e. The molecule has 0 aliphatic carbocycles. The molecule has 0 spiro atoms. The predicted octanol–water partition coefficient (Wildman–Crippen LogP) is 2.79. The van der Waals surface area contributed by atoms with Crippen LogP contribution in [0.4, 0.5) is 5.69 Å². The summed E-state index contributed by atoms with van der Waals surface area (Å²) in [5, 5.41) is 0. The fourth-order valence-corrected chi connectivity index (χ4v) is 1.97. The van der Waals surface area contributed by atoms with Gasteiger partial charge in [-0.2, -0.15) is 0 Å². The Balaban J connectivity index is 2.36. The molecule has 2 N–H and O–H groups in total. The van der Waals surface area contributed by atoms with Crippen molar-refractivity contribution in [1.82, 2.24) is 9.55 Å². The Hall–Kier alpha value is -1.82. The topological polar surface area (TPSA) is 70.1 Å². The van der Waals surface area contributed by atoms with Crippen molar-refractivity contribution in [3.8, 4) is 11.6 Å². The van der Waals surface area contributed by atoms with Gasteiger partial charge in [0.15, 0.2) is 0 Å². The highest BCUT2D eigenvalue weighted by Gasteiger charge is 2.10. The van der Waals surface area contributed by atoms with Crippen molar-refractivity contribution in [2.75, 3.05) is 5.73 Å². The molecule has 0 radical (unpaired) electrons. The molecule has 0 unspecified atom stereocenters. The van der Waals surface area contributed by atoms with Crippen molar-refractivity contribution in [1.29, 1.82) is 0 Å². The molecule has 0 aliphatic heterocycles. The summed E-state index contributed by atoms with van der Waals surface area (Å²) in [7, 11) is 0. The van der Waals surface area contributed by atoms with Crippen molar-refractivity contribution in [2.45, 2.75) is 19.9 Å². The molecular formula is C13H14BrN3O2. The number of nitrogens with zero attached hydrogens (tertiary/aromatic N) is 2. The summed E-state index contributed by atoms with van der Waals surface area (Å²) in [5.74, 6) is 0.515. The number of hydrogen-bond acceptors (Lipinski definition) is 4. The lowest BCUT2D eigenvalue weighted by atomic mass is 10.3. The lowest BCUT2D eigenvalue weighted by Gasteiger charge is -2.09. The molecule has 0 saturated heterocycles. The minimum Gasteiger partial charge on any atom is -0.433 e. The Kier molecular flexibility index (Phi) is 4.21. The van der Waals surface area contributed by atoms with Crippen LogP contribution in [0.1, 0.15) is 13.3 Å². The first-order valence-corrected chi connectivity index (χ1v) is 6.70. The van der Waals surface area contributed by atoms with E-state index in [0.29, 0.717) is 22.5 Å². The van der Waals surface area contributed by atoms with E-state index in [-0.39, 0.29) is 11.4 Å². The second kappa shape index (κ2) is 5.88. The van der Waals surface area contributed by atoms with Crippen LogP contribution in [0.3, 0.4) is 0 Å². The lowest BCUT2D eigenvalue weighted by Crippen LogP contribution is -2.21. The van der Waals surface area contributed by atoms with Crippen molar-refractivity contribution in [2.24, 2.45) is 0 Å². The number of hydrogen-bond donors (Lipinski definition) is 1. The average Bonchev–Trinajstić information content (AvgIpc) is 2.40. The summed E-state index contributed by atoms with van der Waals surface area (Å²) < 4.78 is 7.72. The average molecular weight is 324 g/mol. The third-order valence-electron chi connectivity index (χ3n) is 2.55. The van der Waals surface area contributed by atoms with E-state index in [0.717, 1.165) is 6.42 Å². The van der Waals surface area contributed by atoms with E-state index >= 15 is 0 Å². The van der Waals surface area contributed by atoms with Crippen molar-refractivity contribution in [3.63, 3.8) is 0 Å². The third-order valence-corrected chi connectivity index (χ3v) is 3.40. The Morgan fingerprint density at radius 2 is 2.26 bits per heavy atom. The smallest absolute Gasteiger partial charge is 0.313 e. The molecule has 0 saturated carbocycles. The normalized spacial score (nSPS) is 10.4. The quantitative estimate of drug-likeness (QED) is 0.878. The third kappa shape index (κ3) is 2.96. The first-order valence-electron chi connectivity index (χ1n) is 5.90. The van der Waals surface area contributed by atoms with Gasteiger partial charge in [-0.05, 0) is 34.5 Å². The summed E-state index contributed by atoms with van der Waals surface area (Å²) in [6.07, 6.45) is 4.06. The molecule has 5 nitrogen and oxygen atoms in total. The van der Waals surface area contributed by atoms with Gasteiger partial charge in [0.1, 0.15) is 5.75 Å². The maximum absolute atomic E-state index is 12.1. The maximum atomic E-state index is 12.1. The number of benzene rings is 1. The highest BCUT2D eigenvalue weighted by molar-refractivity contribution is 9.10. The van der Waals surface area contributed by atoms with Gasteiger partial charge in [0.05, 0.1) is 4.47 Å². The fraction of sp³-hybridized carbons (Fsp3) is 0.231. The van der Waals surface area contributed by atoms with Crippen molar-refractivity contribution in [3.05, 3.63) is 45.4 Å². The van der Waals surface area contributed by atoms with E-state index < -0.39 is 0 Å². The van der Waals surface area contributed by atoms with Crippen LogP contribution in [0.5, 0.6) is 11.6 Å². The second-order valence-corrected chi connectivity index (χ2v) is 4.79. The van der Waals surface area contributed by atoms with Crippen LogP contribution < -0.4 is 16.0 Å². The van der Waals surface area contributed by atoms with Gasteiger partial charge in [-0.1, -0.05) is 13.0 Å². The van der Waals surface area contributed by atoms with E-state index in [9.17, 15) is 4.79 Å². The standard InChI is InChI=1S/C13H14BrN3O2/c1-2-7-17-8-6-16-12(13(17)18)19-10-5-3-4-9(15)11(10)14/h3-6,8H,2,7,15H2,1H3.